The predicted molar refractivity (Wildman–Crippen MR) is 85.4 cm³/mol. The Balaban J connectivity index is 2.25. The average Bonchev–Trinajstić information content (AvgIpc) is 2.50. The minimum Gasteiger partial charge on any atom is -0.341 e. The smallest absolute Gasteiger partial charge is 0.321 e. The van der Waals surface area contributed by atoms with Crippen LogP contribution in [0.25, 0.3) is 0 Å². The number of hydrogen-bond donors (Lipinski definition) is 2. The van der Waals surface area contributed by atoms with Gasteiger partial charge in [0.2, 0.25) is 5.91 Å². The largest absolute Gasteiger partial charge is 0.341 e. The molecule has 1 aliphatic heterocycles. The molecule has 0 saturated carbocycles. The summed E-state index contributed by atoms with van der Waals surface area (Å²) in [4.78, 5) is 28.5. The summed E-state index contributed by atoms with van der Waals surface area (Å²) in [5.74, 6) is -0.290. The van der Waals surface area contributed by atoms with Crippen LogP contribution < -0.4 is 10.6 Å². The molecule has 1 aliphatic rings. The van der Waals surface area contributed by atoms with Gasteiger partial charge in [-0.2, -0.15) is 0 Å². The number of hydrogen-bond acceptors (Lipinski definition) is 4. The monoisotopic (exact) mass is 304 g/mol. The molecule has 2 atom stereocenters. The summed E-state index contributed by atoms with van der Waals surface area (Å²) in [7, 11) is 3.58. The van der Waals surface area contributed by atoms with E-state index in [9.17, 15) is 9.59 Å². The number of imide groups is 1. The highest BCUT2D eigenvalue weighted by Gasteiger charge is 2.34. The standard InChI is InChI=1S/C16H24N4O2/c1-12-11-19(3)9-10-20(12)14(13-7-5-4-6-8-13)15(21)18-16(22)17-2/h4-8,12,14H,9-11H2,1-3H3,(H2,17,18,21,22). The van der Waals surface area contributed by atoms with E-state index in [-0.39, 0.29) is 11.9 Å². The zero-order chi connectivity index (χ0) is 16.1. The van der Waals surface area contributed by atoms with E-state index in [1.54, 1.807) is 0 Å². The van der Waals surface area contributed by atoms with Crippen LogP contribution in [0.15, 0.2) is 30.3 Å². The van der Waals surface area contributed by atoms with Crippen LogP contribution in [0.3, 0.4) is 0 Å². The minimum atomic E-state index is -0.479. The van der Waals surface area contributed by atoms with Crippen molar-refractivity contribution in [2.75, 3.05) is 33.7 Å². The summed E-state index contributed by atoms with van der Waals surface area (Å²) in [6, 6.07) is 8.91. The highest BCUT2D eigenvalue weighted by Crippen LogP contribution is 2.25. The molecular formula is C16H24N4O2. The van der Waals surface area contributed by atoms with Gasteiger partial charge < -0.3 is 10.2 Å². The van der Waals surface area contributed by atoms with Crippen LogP contribution in [0.5, 0.6) is 0 Å². The molecular weight excluding hydrogens is 280 g/mol. The Morgan fingerprint density at radius 1 is 1.23 bits per heavy atom. The topological polar surface area (TPSA) is 64.7 Å². The fourth-order valence-corrected chi connectivity index (χ4v) is 2.91. The lowest BCUT2D eigenvalue weighted by atomic mass is 10.0. The van der Waals surface area contributed by atoms with E-state index in [1.807, 2.05) is 30.3 Å². The van der Waals surface area contributed by atoms with Gasteiger partial charge in [-0.1, -0.05) is 30.3 Å². The maximum Gasteiger partial charge on any atom is 0.321 e. The SMILES string of the molecule is CNC(=O)NC(=O)C(c1ccccc1)N1CCN(C)CC1C. The van der Waals surface area contributed by atoms with Gasteiger partial charge in [-0.3, -0.25) is 15.0 Å². The molecule has 0 aromatic heterocycles. The van der Waals surface area contributed by atoms with E-state index >= 15 is 0 Å². The zero-order valence-electron chi connectivity index (χ0n) is 13.4. The van der Waals surface area contributed by atoms with Crippen LogP contribution in [0, 0.1) is 0 Å². The maximum absolute atomic E-state index is 12.6. The number of piperazine rings is 1. The van der Waals surface area contributed by atoms with Crippen molar-refractivity contribution in [2.45, 2.75) is 19.0 Å². The van der Waals surface area contributed by atoms with Crippen LogP contribution in [-0.4, -0.2) is 61.5 Å². The van der Waals surface area contributed by atoms with Gasteiger partial charge in [0.15, 0.2) is 0 Å². The summed E-state index contributed by atoms with van der Waals surface area (Å²) in [6.07, 6.45) is 0. The van der Waals surface area contributed by atoms with Crippen molar-refractivity contribution in [2.24, 2.45) is 0 Å². The van der Waals surface area contributed by atoms with Crippen molar-refractivity contribution in [1.82, 2.24) is 20.4 Å². The number of carbonyl (C=O) groups is 2. The fraction of sp³-hybridized carbons (Fsp3) is 0.500. The molecule has 6 nitrogen and oxygen atoms in total. The molecule has 1 heterocycles. The summed E-state index contributed by atoms with van der Waals surface area (Å²) < 4.78 is 0. The number of benzene rings is 1. The lowest BCUT2D eigenvalue weighted by molar-refractivity contribution is -0.127. The van der Waals surface area contributed by atoms with Gasteiger partial charge >= 0.3 is 6.03 Å². The number of amides is 3. The number of urea groups is 1. The molecule has 1 aromatic rings. The second-order valence-electron chi connectivity index (χ2n) is 5.73. The lowest BCUT2D eigenvalue weighted by Crippen LogP contribution is -2.55. The summed E-state index contributed by atoms with van der Waals surface area (Å²) in [5.41, 5.74) is 0.903. The first kappa shape index (κ1) is 16.5. The van der Waals surface area contributed by atoms with Crippen LogP contribution in [0.4, 0.5) is 4.79 Å². The molecule has 22 heavy (non-hydrogen) atoms. The maximum atomic E-state index is 12.6. The Labute approximate surface area is 131 Å². The highest BCUT2D eigenvalue weighted by atomic mass is 16.2. The van der Waals surface area contributed by atoms with Crippen molar-refractivity contribution < 1.29 is 9.59 Å². The molecule has 0 aliphatic carbocycles. The Hall–Kier alpha value is -1.92. The normalized spacial score (nSPS) is 21.1. The average molecular weight is 304 g/mol. The third-order valence-electron chi connectivity index (χ3n) is 4.04. The Bertz CT molecular complexity index is 520. The molecule has 6 heteroatoms. The van der Waals surface area contributed by atoms with Gasteiger partial charge in [-0.05, 0) is 19.5 Å². The number of rotatable bonds is 3. The molecule has 1 saturated heterocycles. The number of nitrogens with one attached hydrogen (secondary N) is 2. The van der Waals surface area contributed by atoms with Crippen molar-refractivity contribution in [3.63, 3.8) is 0 Å². The van der Waals surface area contributed by atoms with Crippen LogP contribution in [0.1, 0.15) is 18.5 Å². The van der Waals surface area contributed by atoms with Crippen LogP contribution >= 0.6 is 0 Å². The van der Waals surface area contributed by atoms with Gasteiger partial charge in [-0.25, -0.2) is 4.79 Å². The lowest BCUT2D eigenvalue weighted by Gasteiger charge is -2.42. The molecule has 120 valence electrons. The molecule has 0 bridgehead atoms. The highest BCUT2D eigenvalue weighted by molar-refractivity contribution is 5.97. The molecule has 1 aromatic carbocycles. The van der Waals surface area contributed by atoms with E-state index in [1.165, 1.54) is 7.05 Å². The minimum absolute atomic E-state index is 0.236. The summed E-state index contributed by atoms with van der Waals surface area (Å²) in [6.45, 7) is 4.70. The molecule has 0 radical (unpaired) electrons. The van der Waals surface area contributed by atoms with Gasteiger partial charge in [0, 0.05) is 32.7 Å². The van der Waals surface area contributed by atoms with E-state index < -0.39 is 12.1 Å². The number of carbonyl (C=O) groups excluding carboxylic acids is 2. The van der Waals surface area contributed by atoms with Crippen molar-refractivity contribution in [3.05, 3.63) is 35.9 Å². The van der Waals surface area contributed by atoms with Crippen molar-refractivity contribution in [1.29, 1.82) is 0 Å². The Kier molecular flexibility index (Phi) is 5.51. The molecule has 2 unspecified atom stereocenters. The Morgan fingerprint density at radius 3 is 2.50 bits per heavy atom. The van der Waals surface area contributed by atoms with Gasteiger partial charge in [0.1, 0.15) is 6.04 Å². The fourth-order valence-electron chi connectivity index (χ4n) is 2.91. The van der Waals surface area contributed by atoms with E-state index in [4.69, 9.17) is 0 Å². The first-order chi connectivity index (χ1) is 10.5. The first-order valence-electron chi connectivity index (χ1n) is 7.54. The Morgan fingerprint density at radius 2 is 1.91 bits per heavy atom. The van der Waals surface area contributed by atoms with Gasteiger partial charge in [-0.15, -0.1) is 0 Å². The van der Waals surface area contributed by atoms with Crippen LogP contribution in [-0.2, 0) is 4.79 Å². The van der Waals surface area contributed by atoms with E-state index in [0.717, 1.165) is 25.2 Å². The van der Waals surface area contributed by atoms with E-state index in [0.29, 0.717) is 0 Å². The quantitative estimate of drug-likeness (QED) is 0.868. The van der Waals surface area contributed by atoms with Gasteiger partial charge in [0.25, 0.3) is 0 Å². The van der Waals surface area contributed by atoms with Gasteiger partial charge in [0.05, 0.1) is 0 Å². The second kappa shape index (κ2) is 7.38. The first-order valence-corrected chi connectivity index (χ1v) is 7.54. The second-order valence-corrected chi connectivity index (χ2v) is 5.73. The zero-order valence-corrected chi connectivity index (χ0v) is 13.4. The number of likely N-dealkylation sites (N-methyl/N-ethyl adjacent to an activating group) is 1. The molecule has 2 rings (SSSR count). The molecule has 1 fully saturated rings. The predicted octanol–water partition coefficient (Wildman–Crippen LogP) is 0.819. The van der Waals surface area contributed by atoms with E-state index in [2.05, 4.69) is 34.4 Å². The van der Waals surface area contributed by atoms with Crippen LogP contribution in [0.2, 0.25) is 0 Å². The van der Waals surface area contributed by atoms with Crippen molar-refractivity contribution in [3.8, 4) is 0 Å². The van der Waals surface area contributed by atoms with Crippen molar-refractivity contribution >= 4 is 11.9 Å². The molecule has 3 amide bonds. The number of nitrogens with zero attached hydrogens (tertiary/aromatic N) is 2. The third-order valence-corrected chi connectivity index (χ3v) is 4.04. The third kappa shape index (κ3) is 3.84. The summed E-state index contributed by atoms with van der Waals surface area (Å²) >= 11 is 0. The molecule has 0 spiro atoms. The molecule has 2 N–H and O–H groups in total. The summed E-state index contributed by atoms with van der Waals surface area (Å²) in [5, 5.41) is 4.84.